The van der Waals surface area contributed by atoms with Crippen LogP contribution in [0.25, 0.3) is 0 Å². The number of benzene rings is 1. The summed E-state index contributed by atoms with van der Waals surface area (Å²) < 4.78 is 0. The molecule has 1 aliphatic heterocycles. The Kier molecular flexibility index (Phi) is 8.01. The number of urea groups is 1. The molecule has 0 radical (unpaired) electrons. The Labute approximate surface area is 149 Å². The minimum atomic E-state index is -0.336. The number of hydrogen-bond acceptors (Lipinski definition) is 3. The van der Waals surface area contributed by atoms with Crippen LogP contribution < -0.4 is 16.4 Å². The average Bonchev–Trinajstić information content (AvgIpc) is 3.03. The molecule has 1 aromatic carbocycles. The van der Waals surface area contributed by atoms with Gasteiger partial charge in [-0.3, -0.25) is 4.79 Å². The SMILES string of the molecule is CCNC(=O)N1CCC(NC(=O)C(C)C(N)c2ccccc2)C1.Cl. The normalized spacial score (nSPS) is 19.1. The third kappa shape index (κ3) is 5.11. The molecule has 6 nitrogen and oxygen atoms in total. The van der Waals surface area contributed by atoms with E-state index in [0.29, 0.717) is 19.6 Å². The molecule has 2 rings (SSSR count). The predicted octanol–water partition coefficient (Wildman–Crippen LogP) is 1.66. The molecular formula is C17H27ClN4O2. The first-order valence-electron chi connectivity index (χ1n) is 8.16. The summed E-state index contributed by atoms with van der Waals surface area (Å²) in [7, 11) is 0. The van der Waals surface area contributed by atoms with Gasteiger partial charge in [0.05, 0.1) is 5.92 Å². The minimum absolute atomic E-state index is 0. The van der Waals surface area contributed by atoms with Crippen molar-refractivity contribution in [2.24, 2.45) is 11.7 Å². The first-order chi connectivity index (χ1) is 11.0. The highest BCUT2D eigenvalue weighted by atomic mass is 35.5. The van der Waals surface area contributed by atoms with Crippen molar-refractivity contribution >= 4 is 24.3 Å². The zero-order chi connectivity index (χ0) is 16.8. The van der Waals surface area contributed by atoms with Crippen LogP contribution in [0.4, 0.5) is 4.79 Å². The number of carbonyl (C=O) groups excluding carboxylic acids is 2. The fraction of sp³-hybridized carbons (Fsp3) is 0.529. The second-order valence-corrected chi connectivity index (χ2v) is 6.00. The summed E-state index contributed by atoms with van der Waals surface area (Å²) in [5.41, 5.74) is 7.14. The largest absolute Gasteiger partial charge is 0.351 e. The lowest BCUT2D eigenvalue weighted by atomic mass is 9.94. The Morgan fingerprint density at radius 1 is 1.33 bits per heavy atom. The Balaban J connectivity index is 0.00000288. The highest BCUT2D eigenvalue weighted by molar-refractivity contribution is 5.85. The molecule has 0 saturated carbocycles. The first kappa shape index (κ1) is 20.3. The van der Waals surface area contributed by atoms with E-state index < -0.39 is 0 Å². The molecule has 3 unspecified atom stereocenters. The van der Waals surface area contributed by atoms with Crippen LogP contribution in [0.1, 0.15) is 31.9 Å². The summed E-state index contributed by atoms with van der Waals surface area (Å²) >= 11 is 0. The Hall–Kier alpha value is -1.79. The second kappa shape index (κ2) is 9.49. The minimum Gasteiger partial charge on any atom is -0.351 e. The van der Waals surface area contributed by atoms with Gasteiger partial charge in [0.1, 0.15) is 0 Å². The van der Waals surface area contributed by atoms with Crippen LogP contribution in [0.15, 0.2) is 30.3 Å². The highest BCUT2D eigenvalue weighted by Gasteiger charge is 2.29. The number of nitrogens with one attached hydrogen (secondary N) is 2. The molecule has 3 atom stereocenters. The van der Waals surface area contributed by atoms with Gasteiger partial charge in [-0.2, -0.15) is 0 Å². The van der Waals surface area contributed by atoms with Crippen molar-refractivity contribution in [3.05, 3.63) is 35.9 Å². The third-order valence-electron chi connectivity index (χ3n) is 4.29. The van der Waals surface area contributed by atoms with Crippen molar-refractivity contribution in [3.8, 4) is 0 Å². The second-order valence-electron chi connectivity index (χ2n) is 6.00. The van der Waals surface area contributed by atoms with E-state index in [1.165, 1.54) is 0 Å². The van der Waals surface area contributed by atoms with E-state index >= 15 is 0 Å². The van der Waals surface area contributed by atoms with E-state index in [1.807, 2.05) is 44.2 Å². The van der Waals surface area contributed by atoms with Gasteiger partial charge in [-0.05, 0) is 18.9 Å². The smallest absolute Gasteiger partial charge is 0.317 e. The van der Waals surface area contributed by atoms with Crippen LogP contribution in [0.5, 0.6) is 0 Å². The lowest BCUT2D eigenvalue weighted by molar-refractivity contribution is -0.125. The molecule has 0 aliphatic carbocycles. The number of nitrogens with zero attached hydrogens (tertiary/aromatic N) is 1. The molecule has 0 bridgehead atoms. The number of hydrogen-bond donors (Lipinski definition) is 3. The van der Waals surface area contributed by atoms with Gasteiger partial charge in [-0.25, -0.2) is 4.79 Å². The molecule has 7 heteroatoms. The van der Waals surface area contributed by atoms with Crippen molar-refractivity contribution in [2.45, 2.75) is 32.4 Å². The van der Waals surface area contributed by atoms with E-state index in [9.17, 15) is 9.59 Å². The first-order valence-corrected chi connectivity index (χ1v) is 8.16. The van der Waals surface area contributed by atoms with Crippen molar-refractivity contribution in [3.63, 3.8) is 0 Å². The predicted molar refractivity (Wildman–Crippen MR) is 97.0 cm³/mol. The molecule has 134 valence electrons. The fourth-order valence-corrected chi connectivity index (χ4v) is 2.79. The summed E-state index contributed by atoms with van der Waals surface area (Å²) in [5, 5.41) is 5.79. The number of carbonyl (C=O) groups is 2. The molecule has 0 aromatic heterocycles. The topological polar surface area (TPSA) is 87.5 Å². The van der Waals surface area contributed by atoms with Gasteiger partial charge in [0.2, 0.25) is 5.91 Å². The van der Waals surface area contributed by atoms with Gasteiger partial charge in [0, 0.05) is 31.7 Å². The zero-order valence-electron chi connectivity index (χ0n) is 14.2. The molecule has 1 fully saturated rings. The molecule has 1 saturated heterocycles. The van der Waals surface area contributed by atoms with Crippen LogP contribution in [0, 0.1) is 5.92 Å². The van der Waals surface area contributed by atoms with E-state index in [0.717, 1.165) is 12.0 Å². The van der Waals surface area contributed by atoms with Gasteiger partial charge in [-0.1, -0.05) is 37.3 Å². The Morgan fingerprint density at radius 3 is 2.62 bits per heavy atom. The third-order valence-corrected chi connectivity index (χ3v) is 4.29. The number of amides is 3. The zero-order valence-corrected chi connectivity index (χ0v) is 15.0. The van der Waals surface area contributed by atoms with E-state index in [4.69, 9.17) is 5.73 Å². The number of halogens is 1. The monoisotopic (exact) mass is 354 g/mol. The molecular weight excluding hydrogens is 328 g/mol. The van der Waals surface area contributed by atoms with Crippen LogP contribution in [-0.2, 0) is 4.79 Å². The summed E-state index contributed by atoms with van der Waals surface area (Å²) in [6.45, 7) is 5.54. The van der Waals surface area contributed by atoms with Crippen molar-refractivity contribution in [2.75, 3.05) is 19.6 Å². The van der Waals surface area contributed by atoms with E-state index in [1.54, 1.807) is 4.90 Å². The summed E-state index contributed by atoms with van der Waals surface area (Å²) in [4.78, 5) is 25.9. The number of nitrogens with two attached hydrogens (primary N) is 1. The van der Waals surface area contributed by atoms with Gasteiger partial charge in [0.15, 0.2) is 0 Å². The molecule has 0 spiro atoms. The van der Waals surface area contributed by atoms with Crippen LogP contribution in [0.2, 0.25) is 0 Å². The molecule has 4 N–H and O–H groups in total. The molecule has 1 heterocycles. The number of rotatable bonds is 5. The summed E-state index contributed by atoms with van der Waals surface area (Å²) in [6, 6.07) is 9.21. The molecule has 1 aliphatic rings. The maximum atomic E-state index is 12.4. The van der Waals surface area contributed by atoms with Gasteiger partial charge >= 0.3 is 6.03 Å². The summed E-state index contributed by atoms with van der Waals surface area (Å²) in [5.74, 6) is -0.389. The van der Waals surface area contributed by atoms with Gasteiger partial charge < -0.3 is 21.3 Å². The lowest BCUT2D eigenvalue weighted by Gasteiger charge is -2.22. The van der Waals surface area contributed by atoms with Gasteiger partial charge in [0.25, 0.3) is 0 Å². The van der Waals surface area contributed by atoms with E-state index in [2.05, 4.69) is 10.6 Å². The standard InChI is InChI=1S/C17H26N4O2.ClH/c1-3-19-17(23)21-10-9-14(11-21)20-16(22)12(2)15(18)13-7-5-4-6-8-13;/h4-8,12,14-15H,3,9-11,18H2,1-2H3,(H,19,23)(H,20,22);1H. The molecule has 24 heavy (non-hydrogen) atoms. The van der Waals surface area contributed by atoms with Crippen LogP contribution in [-0.4, -0.2) is 42.5 Å². The lowest BCUT2D eigenvalue weighted by Crippen LogP contribution is -2.44. The van der Waals surface area contributed by atoms with Crippen molar-refractivity contribution in [1.82, 2.24) is 15.5 Å². The quantitative estimate of drug-likeness (QED) is 0.751. The van der Waals surface area contributed by atoms with Crippen LogP contribution >= 0.6 is 12.4 Å². The maximum Gasteiger partial charge on any atom is 0.317 e. The van der Waals surface area contributed by atoms with E-state index in [-0.39, 0.29) is 42.3 Å². The van der Waals surface area contributed by atoms with Crippen LogP contribution in [0.3, 0.4) is 0 Å². The Bertz CT molecular complexity index is 541. The average molecular weight is 355 g/mol. The summed E-state index contributed by atoms with van der Waals surface area (Å²) in [6.07, 6.45) is 0.774. The van der Waals surface area contributed by atoms with Crippen molar-refractivity contribution < 1.29 is 9.59 Å². The highest BCUT2D eigenvalue weighted by Crippen LogP contribution is 2.20. The maximum absolute atomic E-state index is 12.4. The number of likely N-dealkylation sites (tertiary alicyclic amines) is 1. The van der Waals surface area contributed by atoms with Gasteiger partial charge in [-0.15, -0.1) is 12.4 Å². The Morgan fingerprint density at radius 2 is 2.00 bits per heavy atom. The molecule has 1 aromatic rings. The fourth-order valence-electron chi connectivity index (χ4n) is 2.79. The van der Waals surface area contributed by atoms with Crippen molar-refractivity contribution in [1.29, 1.82) is 0 Å². The molecule has 3 amide bonds.